The minimum atomic E-state index is -4.00. The first kappa shape index (κ1) is 15.4. The smallest absolute Gasteiger partial charge is 0.262 e. The Kier molecular flexibility index (Phi) is 4.44. The minimum absolute atomic E-state index is 0.162. The summed E-state index contributed by atoms with van der Waals surface area (Å²) >= 11 is 17.1. The molecule has 0 radical (unpaired) electrons. The van der Waals surface area contributed by atoms with Gasteiger partial charge >= 0.3 is 0 Å². The minimum Gasteiger partial charge on any atom is -0.277 e. The van der Waals surface area contributed by atoms with Gasteiger partial charge in [0.2, 0.25) is 0 Å². The van der Waals surface area contributed by atoms with Crippen LogP contribution in [-0.2, 0) is 10.0 Å². The maximum Gasteiger partial charge on any atom is 0.262 e. The SMILES string of the molecule is O=S(=O)(Nc1ccc(Cl)cc1F)c1cc(Cl)cc(Cl)c1. The van der Waals surface area contributed by atoms with E-state index in [9.17, 15) is 12.8 Å². The number of sulfonamides is 1. The molecule has 0 heterocycles. The molecule has 0 unspecified atom stereocenters. The van der Waals surface area contributed by atoms with E-state index in [0.717, 1.165) is 6.07 Å². The maximum atomic E-state index is 13.6. The van der Waals surface area contributed by atoms with Crippen molar-refractivity contribution in [2.75, 3.05) is 4.72 Å². The summed E-state index contributed by atoms with van der Waals surface area (Å²) in [5.74, 6) is -0.783. The number of rotatable bonds is 3. The van der Waals surface area contributed by atoms with Crippen LogP contribution in [0, 0.1) is 5.82 Å². The van der Waals surface area contributed by atoms with Crippen LogP contribution in [0.2, 0.25) is 15.1 Å². The summed E-state index contributed by atoms with van der Waals surface area (Å²) in [7, 11) is -4.00. The van der Waals surface area contributed by atoms with Gasteiger partial charge in [-0.1, -0.05) is 34.8 Å². The van der Waals surface area contributed by atoms with Crippen LogP contribution in [0.1, 0.15) is 0 Å². The van der Waals surface area contributed by atoms with Gasteiger partial charge in [0.05, 0.1) is 10.6 Å². The van der Waals surface area contributed by atoms with Gasteiger partial charge in [-0.05, 0) is 36.4 Å². The molecule has 2 aromatic carbocycles. The van der Waals surface area contributed by atoms with Crippen LogP contribution in [0.5, 0.6) is 0 Å². The van der Waals surface area contributed by atoms with Gasteiger partial charge < -0.3 is 0 Å². The lowest BCUT2D eigenvalue weighted by molar-refractivity contribution is 0.598. The summed E-state index contributed by atoms with van der Waals surface area (Å²) in [4.78, 5) is -0.163. The molecule has 0 bridgehead atoms. The molecule has 0 fully saturated rings. The number of anilines is 1. The zero-order valence-electron chi connectivity index (χ0n) is 9.70. The average Bonchev–Trinajstić information content (AvgIpc) is 2.31. The fourth-order valence-corrected chi connectivity index (χ4v) is 3.41. The normalized spacial score (nSPS) is 11.4. The van der Waals surface area contributed by atoms with E-state index in [1.165, 1.54) is 30.3 Å². The van der Waals surface area contributed by atoms with Gasteiger partial charge in [-0.25, -0.2) is 12.8 Å². The summed E-state index contributed by atoms with van der Waals surface area (Å²) in [6, 6.07) is 7.41. The van der Waals surface area contributed by atoms with Crippen LogP contribution in [0.15, 0.2) is 41.3 Å². The molecule has 106 valence electrons. The first-order valence-electron chi connectivity index (χ1n) is 5.22. The molecule has 0 spiro atoms. The van der Waals surface area contributed by atoms with Gasteiger partial charge in [0.25, 0.3) is 10.0 Å². The molecule has 3 nitrogen and oxygen atoms in total. The zero-order valence-corrected chi connectivity index (χ0v) is 12.8. The standard InChI is InChI=1S/C12H7Cl3FNO2S/c13-7-1-2-12(11(16)6-7)17-20(18,19)10-4-8(14)3-9(15)5-10/h1-6,17H. The molecule has 8 heteroatoms. The van der Waals surface area contributed by atoms with E-state index >= 15 is 0 Å². The highest BCUT2D eigenvalue weighted by Gasteiger charge is 2.17. The fourth-order valence-electron chi connectivity index (χ4n) is 1.46. The van der Waals surface area contributed by atoms with Crippen molar-refractivity contribution in [1.29, 1.82) is 0 Å². The molecule has 0 aliphatic rings. The van der Waals surface area contributed by atoms with Gasteiger partial charge in [0.1, 0.15) is 5.82 Å². The second kappa shape index (κ2) is 5.77. The summed E-state index contributed by atoms with van der Waals surface area (Å²) in [5, 5.41) is 0.486. The molecule has 0 aliphatic heterocycles. The van der Waals surface area contributed by atoms with Gasteiger partial charge in [0, 0.05) is 15.1 Å². The number of benzene rings is 2. The summed E-state index contributed by atoms with van der Waals surface area (Å²) in [6.07, 6.45) is 0. The largest absolute Gasteiger partial charge is 0.277 e. The average molecular weight is 355 g/mol. The molecule has 0 atom stereocenters. The molecule has 0 aliphatic carbocycles. The third-order valence-electron chi connectivity index (χ3n) is 2.32. The van der Waals surface area contributed by atoms with Crippen LogP contribution in [0.25, 0.3) is 0 Å². The Morgan fingerprint density at radius 1 is 0.900 bits per heavy atom. The highest BCUT2D eigenvalue weighted by molar-refractivity contribution is 7.92. The first-order valence-corrected chi connectivity index (χ1v) is 7.83. The van der Waals surface area contributed by atoms with E-state index < -0.39 is 15.8 Å². The molecule has 20 heavy (non-hydrogen) atoms. The quantitative estimate of drug-likeness (QED) is 0.876. The van der Waals surface area contributed by atoms with Gasteiger partial charge in [0.15, 0.2) is 0 Å². The van der Waals surface area contributed by atoms with Gasteiger partial charge in [-0.3, -0.25) is 4.72 Å². The molecular weight excluding hydrogens is 348 g/mol. The number of nitrogens with one attached hydrogen (secondary N) is 1. The molecule has 0 saturated heterocycles. The fraction of sp³-hybridized carbons (Fsp3) is 0. The number of hydrogen-bond acceptors (Lipinski definition) is 2. The van der Waals surface area contributed by atoms with E-state index in [1.807, 2.05) is 0 Å². The Hall–Kier alpha value is -1.01. The molecule has 0 amide bonds. The molecule has 0 saturated carbocycles. The molecular formula is C12H7Cl3FNO2S. The molecule has 2 rings (SSSR count). The van der Waals surface area contributed by atoms with E-state index in [4.69, 9.17) is 34.8 Å². The van der Waals surface area contributed by atoms with Crippen LogP contribution < -0.4 is 4.72 Å². The third kappa shape index (κ3) is 3.55. The van der Waals surface area contributed by atoms with Crippen molar-refractivity contribution >= 4 is 50.5 Å². The Morgan fingerprint density at radius 2 is 1.50 bits per heavy atom. The summed E-state index contributed by atoms with van der Waals surface area (Å²) in [5.41, 5.74) is -0.217. The predicted octanol–water partition coefficient (Wildman–Crippen LogP) is 4.59. The van der Waals surface area contributed by atoms with Crippen molar-refractivity contribution in [2.24, 2.45) is 0 Å². The first-order chi connectivity index (χ1) is 9.28. The van der Waals surface area contributed by atoms with Crippen molar-refractivity contribution in [2.45, 2.75) is 4.90 Å². The Bertz CT molecular complexity index is 745. The number of hydrogen-bond donors (Lipinski definition) is 1. The van der Waals surface area contributed by atoms with Crippen LogP contribution in [0.4, 0.5) is 10.1 Å². The number of halogens is 4. The lowest BCUT2D eigenvalue weighted by Gasteiger charge is -2.09. The van der Waals surface area contributed by atoms with E-state index in [1.54, 1.807) is 0 Å². The van der Waals surface area contributed by atoms with Crippen molar-refractivity contribution < 1.29 is 12.8 Å². The Labute approximate surface area is 130 Å². The highest BCUT2D eigenvalue weighted by atomic mass is 35.5. The molecule has 1 N–H and O–H groups in total. The van der Waals surface area contributed by atoms with E-state index in [0.29, 0.717) is 0 Å². The van der Waals surface area contributed by atoms with Crippen LogP contribution in [0.3, 0.4) is 0 Å². The highest BCUT2D eigenvalue weighted by Crippen LogP contribution is 2.26. The molecule has 2 aromatic rings. The zero-order chi connectivity index (χ0) is 14.9. The van der Waals surface area contributed by atoms with Crippen molar-refractivity contribution in [3.63, 3.8) is 0 Å². The monoisotopic (exact) mass is 353 g/mol. The topological polar surface area (TPSA) is 46.2 Å². The van der Waals surface area contributed by atoms with E-state index in [-0.39, 0.29) is 25.7 Å². The molecule has 0 aromatic heterocycles. The van der Waals surface area contributed by atoms with E-state index in [2.05, 4.69) is 4.72 Å². The second-order valence-electron chi connectivity index (χ2n) is 3.83. The lowest BCUT2D eigenvalue weighted by Crippen LogP contribution is -2.14. The summed E-state index contributed by atoms with van der Waals surface area (Å²) in [6.45, 7) is 0. The summed E-state index contributed by atoms with van der Waals surface area (Å²) < 4.78 is 39.9. The second-order valence-corrected chi connectivity index (χ2v) is 6.83. The lowest BCUT2D eigenvalue weighted by atomic mass is 10.3. The maximum absolute atomic E-state index is 13.6. The Morgan fingerprint density at radius 3 is 2.05 bits per heavy atom. The van der Waals surface area contributed by atoms with Gasteiger partial charge in [-0.2, -0.15) is 0 Å². The van der Waals surface area contributed by atoms with Crippen molar-refractivity contribution in [3.8, 4) is 0 Å². The Balaban J connectivity index is 2.40. The predicted molar refractivity (Wildman–Crippen MR) is 78.7 cm³/mol. The van der Waals surface area contributed by atoms with Crippen molar-refractivity contribution in [1.82, 2.24) is 0 Å². The van der Waals surface area contributed by atoms with Crippen LogP contribution >= 0.6 is 34.8 Å². The third-order valence-corrected chi connectivity index (χ3v) is 4.34. The van der Waals surface area contributed by atoms with Crippen LogP contribution in [-0.4, -0.2) is 8.42 Å². The van der Waals surface area contributed by atoms with Crippen molar-refractivity contribution in [3.05, 3.63) is 57.3 Å². The van der Waals surface area contributed by atoms with Gasteiger partial charge in [-0.15, -0.1) is 0 Å².